The molecule has 0 amide bonds. The van der Waals surface area contributed by atoms with Crippen molar-refractivity contribution in [3.63, 3.8) is 0 Å². The van der Waals surface area contributed by atoms with E-state index < -0.39 is 12.7 Å². The van der Waals surface area contributed by atoms with Gasteiger partial charge in [0.1, 0.15) is 0 Å². The van der Waals surface area contributed by atoms with Gasteiger partial charge in [0.2, 0.25) is 0 Å². The van der Waals surface area contributed by atoms with Crippen LogP contribution in [0.25, 0.3) is 0 Å². The first-order chi connectivity index (χ1) is 5.58. The normalized spacial score (nSPS) is 24.8. The first kappa shape index (κ1) is 10.2. The van der Waals surface area contributed by atoms with Crippen molar-refractivity contribution in [2.24, 2.45) is 5.92 Å². The summed E-state index contributed by atoms with van der Waals surface area (Å²) in [6.07, 6.45) is -3.01. The van der Waals surface area contributed by atoms with E-state index in [1.54, 1.807) is 0 Å². The lowest BCUT2D eigenvalue weighted by molar-refractivity contribution is -0.125. The molecule has 1 nitrogen and oxygen atoms in total. The van der Waals surface area contributed by atoms with Crippen molar-refractivity contribution in [1.82, 2.24) is 5.32 Å². The molecule has 5 heteroatoms. The standard InChI is InChI=1S/C7H12F3NS/c8-7(9,10)5-11-3-6-1-2-12-4-6/h6,11H,1-5H2. The van der Waals surface area contributed by atoms with Crippen molar-refractivity contribution in [1.29, 1.82) is 0 Å². The monoisotopic (exact) mass is 199 g/mol. The number of halogens is 3. The van der Waals surface area contributed by atoms with Crippen LogP contribution >= 0.6 is 11.8 Å². The quantitative estimate of drug-likeness (QED) is 0.745. The third-order valence-electron chi connectivity index (χ3n) is 1.78. The maximum atomic E-state index is 11.7. The van der Waals surface area contributed by atoms with Crippen molar-refractivity contribution >= 4 is 11.8 Å². The lowest BCUT2D eigenvalue weighted by Crippen LogP contribution is -2.32. The Bertz CT molecular complexity index is 131. The number of alkyl halides is 3. The molecule has 72 valence electrons. The van der Waals surface area contributed by atoms with E-state index >= 15 is 0 Å². The smallest absolute Gasteiger partial charge is 0.308 e. The fourth-order valence-electron chi connectivity index (χ4n) is 1.16. The van der Waals surface area contributed by atoms with E-state index in [9.17, 15) is 13.2 Å². The Balaban J connectivity index is 2.02. The average molecular weight is 199 g/mol. The topological polar surface area (TPSA) is 12.0 Å². The summed E-state index contributed by atoms with van der Waals surface area (Å²) in [5.74, 6) is 2.54. The molecule has 0 aliphatic carbocycles. The highest BCUT2D eigenvalue weighted by atomic mass is 32.2. The van der Waals surface area contributed by atoms with E-state index in [2.05, 4.69) is 5.32 Å². The van der Waals surface area contributed by atoms with Gasteiger partial charge in [0, 0.05) is 0 Å². The van der Waals surface area contributed by atoms with E-state index in [1.807, 2.05) is 11.8 Å². The predicted octanol–water partition coefficient (Wildman–Crippen LogP) is 1.89. The van der Waals surface area contributed by atoms with E-state index in [4.69, 9.17) is 0 Å². The summed E-state index contributed by atoms with van der Waals surface area (Å²) in [6, 6.07) is 0. The van der Waals surface area contributed by atoms with Gasteiger partial charge in [-0.2, -0.15) is 24.9 Å². The number of rotatable bonds is 3. The Morgan fingerprint density at radius 2 is 2.17 bits per heavy atom. The molecule has 0 aromatic rings. The van der Waals surface area contributed by atoms with Crippen LogP contribution in [0.1, 0.15) is 6.42 Å². The fraction of sp³-hybridized carbons (Fsp3) is 1.00. The van der Waals surface area contributed by atoms with E-state index in [1.165, 1.54) is 0 Å². The Morgan fingerprint density at radius 3 is 2.67 bits per heavy atom. The predicted molar refractivity (Wildman–Crippen MR) is 44.4 cm³/mol. The molecule has 1 aliphatic heterocycles. The summed E-state index contributed by atoms with van der Waals surface area (Å²) >= 11 is 1.82. The van der Waals surface area contributed by atoms with Crippen LogP contribution in [-0.2, 0) is 0 Å². The van der Waals surface area contributed by atoms with Gasteiger partial charge < -0.3 is 5.32 Å². The lowest BCUT2D eigenvalue weighted by atomic mass is 10.1. The molecule has 1 fully saturated rings. The molecule has 0 aromatic carbocycles. The third-order valence-corrected chi connectivity index (χ3v) is 3.01. The van der Waals surface area contributed by atoms with Crippen LogP contribution in [-0.4, -0.2) is 30.8 Å². The molecule has 0 spiro atoms. The molecule has 0 saturated carbocycles. The van der Waals surface area contributed by atoms with Crippen LogP contribution in [0.5, 0.6) is 0 Å². The van der Waals surface area contributed by atoms with Crippen molar-refractivity contribution in [3.05, 3.63) is 0 Å². The van der Waals surface area contributed by atoms with Crippen molar-refractivity contribution in [2.45, 2.75) is 12.6 Å². The minimum absolute atomic E-state index is 0.442. The average Bonchev–Trinajstić information content (AvgIpc) is 2.36. The van der Waals surface area contributed by atoms with Crippen LogP contribution in [0, 0.1) is 5.92 Å². The molecule has 0 aromatic heterocycles. The second-order valence-corrected chi connectivity index (χ2v) is 4.13. The highest BCUT2D eigenvalue weighted by Gasteiger charge is 2.27. The number of nitrogens with one attached hydrogen (secondary N) is 1. The summed E-state index contributed by atoms with van der Waals surface area (Å²) in [5, 5.41) is 2.43. The molecule has 0 radical (unpaired) electrons. The molecule has 1 atom stereocenters. The zero-order chi connectivity index (χ0) is 9.03. The SMILES string of the molecule is FC(F)(F)CNCC1CCSC1. The zero-order valence-corrected chi connectivity index (χ0v) is 7.47. The number of hydrogen-bond donors (Lipinski definition) is 1. The molecular weight excluding hydrogens is 187 g/mol. The van der Waals surface area contributed by atoms with E-state index in [-0.39, 0.29) is 0 Å². The zero-order valence-electron chi connectivity index (χ0n) is 6.66. The van der Waals surface area contributed by atoms with Gasteiger partial charge in [-0.25, -0.2) is 0 Å². The van der Waals surface area contributed by atoms with Gasteiger partial charge in [-0.3, -0.25) is 0 Å². The second-order valence-electron chi connectivity index (χ2n) is 2.98. The largest absolute Gasteiger partial charge is 0.401 e. The number of hydrogen-bond acceptors (Lipinski definition) is 2. The Hall–Kier alpha value is 0.100. The maximum absolute atomic E-state index is 11.7. The van der Waals surface area contributed by atoms with Gasteiger partial charge in [-0.1, -0.05) is 0 Å². The minimum atomic E-state index is -4.06. The van der Waals surface area contributed by atoms with Crippen LogP contribution < -0.4 is 5.32 Å². The molecule has 1 unspecified atom stereocenters. The summed E-state index contributed by atoms with van der Waals surface area (Å²) in [7, 11) is 0. The van der Waals surface area contributed by atoms with E-state index in [0.29, 0.717) is 12.5 Å². The summed E-state index contributed by atoms with van der Waals surface area (Å²) < 4.78 is 35.0. The summed E-state index contributed by atoms with van der Waals surface area (Å²) in [4.78, 5) is 0. The second kappa shape index (κ2) is 4.37. The highest BCUT2D eigenvalue weighted by molar-refractivity contribution is 7.99. The van der Waals surface area contributed by atoms with Crippen molar-refractivity contribution < 1.29 is 13.2 Å². The van der Waals surface area contributed by atoms with Crippen molar-refractivity contribution in [2.75, 3.05) is 24.6 Å². The van der Waals surface area contributed by atoms with E-state index in [0.717, 1.165) is 17.9 Å². The Morgan fingerprint density at radius 1 is 1.42 bits per heavy atom. The van der Waals surface area contributed by atoms with Gasteiger partial charge in [-0.05, 0) is 30.4 Å². The molecule has 1 rings (SSSR count). The molecular formula is C7H12F3NS. The third kappa shape index (κ3) is 4.21. The van der Waals surface area contributed by atoms with Gasteiger partial charge in [0.05, 0.1) is 6.54 Å². The van der Waals surface area contributed by atoms with Gasteiger partial charge >= 0.3 is 6.18 Å². The minimum Gasteiger partial charge on any atom is -0.308 e. The first-order valence-corrected chi connectivity index (χ1v) is 5.08. The van der Waals surface area contributed by atoms with Crippen LogP contribution in [0.4, 0.5) is 13.2 Å². The Kier molecular flexibility index (Phi) is 3.71. The van der Waals surface area contributed by atoms with Crippen LogP contribution in [0.15, 0.2) is 0 Å². The van der Waals surface area contributed by atoms with Gasteiger partial charge in [0.15, 0.2) is 0 Å². The maximum Gasteiger partial charge on any atom is 0.401 e. The van der Waals surface area contributed by atoms with Crippen molar-refractivity contribution in [3.8, 4) is 0 Å². The Labute approximate surface area is 74.1 Å². The molecule has 0 bridgehead atoms. The molecule has 12 heavy (non-hydrogen) atoms. The summed E-state index contributed by atoms with van der Waals surface area (Å²) in [6.45, 7) is -0.347. The van der Waals surface area contributed by atoms with Crippen LogP contribution in [0.3, 0.4) is 0 Å². The highest BCUT2D eigenvalue weighted by Crippen LogP contribution is 2.22. The molecule has 1 heterocycles. The molecule has 1 aliphatic rings. The molecule has 1 N–H and O–H groups in total. The van der Waals surface area contributed by atoms with Crippen LogP contribution in [0.2, 0.25) is 0 Å². The lowest BCUT2D eigenvalue weighted by Gasteiger charge is -2.11. The molecule has 1 saturated heterocycles. The van der Waals surface area contributed by atoms with Gasteiger partial charge in [0.25, 0.3) is 0 Å². The number of thioether (sulfide) groups is 1. The summed E-state index contributed by atoms with van der Waals surface area (Å²) in [5.41, 5.74) is 0. The fourth-order valence-corrected chi connectivity index (χ4v) is 2.45. The van der Waals surface area contributed by atoms with Gasteiger partial charge in [-0.15, -0.1) is 0 Å². The first-order valence-electron chi connectivity index (χ1n) is 3.93.